The first kappa shape index (κ1) is 12.9. The summed E-state index contributed by atoms with van der Waals surface area (Å²) >= 11 is 0. The summed E-state index contributed by atoms with van der Waals surface area (Å²) < 4.78 is 0. The second-order valence-corrected chi connectivity index (χ2v) is 6.71. The zero-order valence-electron chi connectivity index (χ0n) is 12.1. The van der Waals surface area contributed by atoms with Gasteiger partial charge < -0.3 is 0 Å². The smallest absolute Gasteiger partial charge is 0.136 e. The third kappa shape index (κ3) is 2.48. The van der Waals surface area contributed by atoms with Gasteiger partial charge >= 0.3 is 0 Å². The molecule has 3 rings (SSSR count). The lowest BCUT2D eigenvalue weighted by molar-refractivity contribution is -0.120. The zero-order valence-corrected chi connectivity index (χ0v) is 12.1. The summed E-state index contributed by atoms with van der Waals surface area (Å²) in [5.41, 5.74) is 2.96. The van der Waals surface area contributed by atoms with Gasteiger partial charge in [-0.15, -0.1) is 0 Å². The van der Waals surface area contributed by atoms with Crippen LogP contribution in [0.25, 0.3) is 0 Å². The van der Waals surface area contributed by atoms with Gasteiger partial charge in [-0.3, -0.25) is 4.79 Å². The van der Waals surface area contributed by atoms with Crippen molar-refractivity contribution in [1.29, 1.82) is 0 Å². The molecule has 3 atom stereocenters. The summed E-state index contributed by atoms with van der Waals surface area (Å²) in [5.74, 6) is 2.84. The molecule has 1 nitrogen and oxygen atoms in total. The lowest BCUT2D eigenvalue weighted by atomic mass is 9.92. The zero-order chi connectivity index (χ0) is 13.4. The minimum absolute atomic E-state index is 0.357. The third-order valence-electron chi connectivity index (χ3n) is 4.91. The highest BCUT2D eigenvalue weighted by Gasteiger charge is 2.56. The molecule has 0 N–H and O–H groups in total. The van der Waals surface area contributed by atoms with Crippen molar-refractivity contribution in [2.75, 3.05) is 0 Å². The van der Waals surface area contributed by atoms with Crippen molar-refractivity contribution in [1.82, 2.24) is 0 Å². The number of fused-ring (bicyclic) bond motifs is 3. The molecule has 102 valence electrons. The third-order valence-corrected chi connectivity index (χ3v) is 4.91. The summed E-state index contributed by atoms with van der Waals surface area (Å²) in [6.07, 6.45) is 5.46. The van der Waals surface area contributed by atoms with Crippen molar-refractivity contribution >= 4 is 5.78 Å². The van der Waals surface area contributed by atoms with Gasteiger partial charge in [-0.05, 0) is 48.1 Å². The number of benzene rings is 1. The Hall–Kier alpha value is -1.11. The Balaban J connectivity index is 1.62. The quantitative estimate of drug-likeness (QED) is 0.765. The van der Waals surface area contributed by atoms with Gasteiger partial charge in [0.1, 0.15) is 5.78 Å². The maximum absolute atomic E-state index is 12.4. The number of hydrogen-bond acceptors (Lipinski definition) is 1. The van der Waals surface area contributed by atoms with Crippen molar-refractivity contribution in [3.05, 3.63) is 35.4 Å². The number of Topliss-reactive ketones (excluding diaryl/α,β-unsaturated/α-hetero) is 1. The van der Waals surface area contributed by atoms with Crippen LogP contribution in [0.4, 0.5) is 0 Å². The van der Waals surface area contributed by atoms with E-state index in [2.05, 4.69) is 38.1 Å². The van der Waals surface area contributed by atoms with E-state index in [0.717, 1.165) is 18.8 Å². The average Bonchev–Trinajstić information content (AvgIpc) is 3.13. The van der Waals surface area contributed by atoms with Crippen LogP contribution in [-0.2, 0) is 11.2 Å². The fourth-order valence-electron chi connectivity index (χ4n) is 3.86. The molecule has 1 heteroatoms. The minimum atomic E-state index is 0.357. The Morgan fingerprint density at radius 2 is 2.11 bits per heavy atom. The standard InChI is InChI=1S/C18H24O/c1-12(2)6-5-9-16(19)18-15-11-10-13-7-3-4-8-14(13)17(15)18/h3-4,7-8,12,15,17-18H,5-6,9-11H2,1-2H3. The topological polar surface area (TPSA) is 17.1 Å². The van der Waals surface area contributed by atoms with E-state index in [-0.39, 0.29) is 0 Å². The molecule has 0 aromatic heterocycles. The number of carbonyl (C=O) groups is 1. The lowest BCUT2D eigenvalue weighted by Gasteiger charge is -2.13. The highest BCUT2D eigenvalue weighted by atomic mass is 16.1. The summed E-state index contributed by atoms with van der Waals surface area (Å²) in [5, 5.41) is 0. The second-order valence-electron chi connectivity index (χ2n) is 6.71. The molecule has 0 radical (unpaired) electrons. The summed E-state index contributed by atoms with van der Waals surface area (Å²) in [4.78, 5) is 12.4. The van der Waals surface area contributed by atoms with Gasteiger partial charge in [0.15, 0.2) is 0 Å². The van der Waals surface area contributed by atoms with Crippen LogP contribution in [0.3, 0.4) is 0 Å². The van der Waals surface area contributed by atoms with Gasteiger partial charge in [0, 0.05) is 12.3 Å². The molecule has 0 heterocycles. The van der Waals surface area contributed by atoms with Crippen molar-refractivity contribution in [2.24, 2.45) is 17.8 Å². The van der Waals surface area contributed by atoms with Crippen LogP contribution < -0.4 is 0 Å². The lowest BCUT2D eigenvalue weighted by Crippen LogP contribution is -2.03. The van der Waals surface area contributed by atoms with E-state index in [1.807, 2.05) is 0 Å². The predicted octanol–water partition coefficient (Wildman–Crippen LogP) is 4.36. The van der Waals surface area contributed by atoms with Crippen molar-refractivity contribution in [3.8, 4) is 0 Å². The molecule has 1 aromatic rings. The first-order chi connectivity index (χ1) is 9.18. The summed E-state index contributed by atoms with van der Waals surface area (Å²) in [6.45, 7) is 4.47. The van der Waals surface area contributed by atoms with Gasteiger partial charge in [-0.1, -0.05) is 44.5 Å². The molecular formula is C18H24O. The van der Waals surface area contributed by atoms with Crippen molar-refractivity contribution in [2.45, 2.75) is 51.9 Å². The SMILES string of the molecule is CC(C)CCCC(=O)C1C2CCc3ccccc3C21. The molecule has 3 unspecified atom stereocenters. The molecular weight excluding hydrogens is 232 g/mol. The van der Waals surface area contributed by atoms with Crippen LogP contribution in [0, 0.1) is 17.8 Å². The Morgan fingerprint density at radius 1 is 1.32 bits per heavy atom. The maximum Gasteiger partial charge on any atom is 0.136 e. The Bertz CT molecular complexity index is 474. The molecule has 19 heavy (non-hydrogen) atoms. The molecule has 0 aliphatic heterocycles. The van der Waals surface area contributed by atoms with E-state index in [0.29, 0.717) is 23.5 Å². The largest absolute Gasteiger partial charge is 0.299 e. The van der Waals surface area contributed by atoms with E-state index in [4.69, 9.17) is 0 Å². The normalized spacial score (nSPS) is 27.8. The van der Waals surface area contributed by atoms with E-state index >= 15 is 0 Å². The fourth-order valence-corrected chi connectivity index (χ4v) is 3.86. The van der Waals surface area contributed by atoms with Crippen LogP contribution in [0.1, 0.15) is 56.6 Å². The van der Waals surface area contributed by atoms with Crippen molar-refractivity contribution < 1.29 is 4.79 Å². The predicted molar refractivity (Wildman–Crippen MR) is 78.2 cm³/mol. The van der Waals surface area contributed by atoms with Gasteiger partial charge in [0.05, 0.1) is 0 Å². The number of hydrogen-bond donors (Lipinski definition) is 0. The van der Waals surface area contributed by atoms with Crippen LogP contribution in [0.5, 0.6) is 0 Å². The molecule has 1 aromatic carbocycles. The fraction of sp³-hybridized carbons (Fsp3) is 0.611. The van der Waals surface area contributed by atoms with E-state index < -0.39 is 0 Å². The van der Waals surface area contributed by atoms with Crippen LogP contribution >= 0.6 is 0 Å². The highest BCUT2D eigenvalue weighted by Crippen LogP contribution is 2.60. The van der Waals surface area contributed by atoms with Crippen LogP contribution in [0.2, 0.25) is 0 Å². The van der Waals surface area contributed by atoms with Crippen LogP contribution in [-0.4, -0.2) is 5.78 Å². The maximum atomic E-state index is 12.4. The van der Waals surface area contributed by atoms with Gasteiger partial charge in [0.2, 0.25) is 0 Å². The molecule has 2 aliphatic carbocycles. The Morgan fingerprint density at radius 3 is 2.89 bits per heavy atom. The molecule has 0 amide bonds. The summed E-state index contributed by atoms with van der Waals surface area (Å²) in [7, 11) is 0. The molecule has 2 aliphatic rings. The number of ketones is 1. The van der Waals surface area contributed by atoms with E-state index in [9.17, 15) is 4.79 Å². The van der Waals surface area contributed by atoms with Gasteiger partial charge in [-0.2, -0.15) is 0 Å². The molecule has 1 saturated carbocycles. The van der Waals surface area contributed by atoms with Crippen LogP contribution in [0.15, 0.2) is 24.3 Å². The van der Waals surface area contributed by atoms with Gasteiger partial charge in [-0.25, -0.2) is 0 Å². The second kappa shape index (κ2) is 5.11. The Labute approximate surface area is 116 Å². The minimum Gasteiger partial charge on any atom is -0.299 e. The summed E-state index contributed by atoms with van der Waals surface area (Å²) in [6, 6.07) is 8.73. The van der Waals surface area contributed by atoms with Gasteiger partial charge in [0.25, 0.3) is 0 Å². The first-order valence-corrected chi connectivity index (χ1v) is 7.79. The average molecular weight is 256 g/mol. The first-order valence-electron chi connectivity index (χ1n) is 7.79. The van der Waals surface area contributed by atoms with Crippen molar-refractivity contribution in [3.63, 3.8) is 0 Å². The highest BCUT2D eigenvalue weighted by molar-refractivity contribution is 5.86. The van der Waals surface area contributed by atoms with E-state index in [1.54, 1.807) is 0 Å². The Kier molecular flexibility index (Phi) is 3.47. The number of carbonyl (C=O) groups excluding carboxylic acids is 1. The number of aryl methyl sites for hydroxylation is 1. The van der Waals surface area contributed by atoms with E-state index in [1.165, 1.54) is 30.4 Å². The molecule has 0 bridgehead atoms. The number of rotatable bonds is 5. The monoisotopic (exact) mass is 256 g/mol. The molecule has 1 fully saturated rings. The molecule has 0 saturated heterocycles. The molecule has 0 spiro atoms.